The average Bonchev–Trinajstić information content (AvgIpc) is 2.56. The molecule has 0 saturated carbocycles. The predicted octanol–water partition coefficient (Wildman–Crippen LogP) is 2.24. The quantitative estimate of drug-likeness (QED) is 0.852. The Morgan fingerprint density at radius 3 is 2.59 bits per heavy atom. The van der Waals surface area contributed by atoms with E-state index in [2.05, 4.69) is 24.7 Å². The fourth-order valence-corrected chi connectivity index (χ4v) is 3.78. The lowest BCUT2D eigenvalue weighted by atomic mass is 9.96. The van der Waals surface area contributed by atoms with Gasteiger partial charge in [-0.2, -0.15) is 0 Å². The predicted molar refractivity (Wildman–Crippen MR) is 91.6 cm³/mol. The molecule has 0 N–H and O–H groups in total. The molecule has 5 nitrogen and oxygen atoms in total. The van der Waals surface area contributed by atoms with E-state index in [0.29, 0.717) is 0 Å². The summed E-state index contributed by atoms with van der Waals surface area (Å²) in [7, 11) is 4.09. The Labute approximate surface area is 134 Å². The second kappa shape index (κ2) is 7.27. The number of piperidine rings is 2. The van der Waals surface area contributed by atoms with Gasteiger partial charge in [-0.15, -0.1) is 0 Å². The monoisotopic (exact) mass is 303 g/mol. The summed E-state index contributed by atoms with van der Waals surface area (Å²) >= 11 is 0. The van der Waals surface area contributed by atoms with E-state index in [-0.39, 0.29) is 0 Å². The zero-order valence-electron chi connectivity index (χ0n) is 14.0. The van der Waals surface area contributed by atoms with Crippen molar-refractivity contribution >= 4 is 11.6 Å². The molecule has 22 heavy (non-hydrogen) atoms. The van der Waals surface area contributed by atoms with Crippen molar-refractivity contribution in [3.63, 3.8) is 0 Å². The number of hydrogen-bond acceptors (Lipinski definition) is 5. The maximum absolute atomic E-state index is 4.61. The molecule has 0 bridgehead atoms. The molecule has 5 heteroatoms. The third-order valence-corrected chi connectivity index (χ3v) is 4.87. The highest BCUT2D eigenvalue weighted by Gasteiger charge is 2.25. The molecule has 2 saturated heterocycles. The molecule has 3 heterocycles. The van der Waals surface area contributed by atoms with Gasteiger partial charge in [-0.05, 0) is 44.7 Å². The van der Waals surface area contributed by atoms with Gasteiger partial charge in [-0.1, -0.05) is 6.42 Å². The van der Waals surface area contributed by atoms with Gasteiger partial charge in [-0.25, -0.2) is 9.97 Å². The number of aromatic nitrogens is 2. The van der Waals surface area contributed by atoms with Crippen molar-refractivity contribution in [2.45, 2.75) is 32.1 Å². The van der Waals surface area contributed by atoms with Crippen LogP contribution in [0.2, 0.25) is 0 Å². The first-order chi connectivity index (χ1) is 10.7. The summed E-state index contributed by atoms with van der Waals surface area (Å²) in [6, 6.07) is 0. The molecular formula is C17H29N5. The van der Waals surface area contributed by atoms with E-state index < -0.39 is 0 Å². The lowest BCUT2D eigenvalue weighted by Gasteiger charge is -2.38. The Balaban J connectivity index is 1.65. The van der Waals surface area contributed by atoms with Gasteiger partial charge in [-0.3, -0.25) is 0 Å². The molecular weight excluding hydrogens is 274 g/mol. The standard InChI is InChI=1S/C17H29N5/c1-20(2)16-17(19-9-8-18-16)22-12-6-7-15(14-22)13-21-10-4-3-5-11-21/h8-9,15H,3-7,10-14H2,1-2H3/t15-/m1/s1. The van der Waals surface area contributed by atoms with E-state index in [1.54, 1.807) is 6.20 Å². The maximum atomic E-state index is 4.61. The lowest BCUT2D eigenvalue weighted by Crippen LogP contribution is -2.43. The molecule has 2 aliphatic heterocycles. The third kappa shape index (κ3) is 3.69. The second-order valence-electron chi connectivity index (χ2n) is 6.91. The van der Waals surface area contributed by atoms with E-state index in [9.17, 15) is 0 Å². The molecule has 1 aromatic heterocycles. The van der Waals surface area contributed by atoms with Gasteiger partial charge in [0, 0.05) is 46.1 Å². The van der Waals surface area contributed by atoms with Crippen LogP contribution in [0.25, 0.3) is 0 Å². The van der Waals surface area contributed by atoms with Crippen molar-refractivity contribution in [3.8, 4) is 0 Å². The van der Waals surface area contributed by atoms with E-state index in [1.807, 2.05) is 20.3 Å². The van der Waals surface area contributed by atoms with E-state index in [4.69, 9.17) is 0 Å². The van der Waals surface area contributed by atoms with Crippen LogP contribution in [-0.4, -0.2) is 61.7 Å². The van der Waals surface area contributed by atoms with Crippen molar-refractivity contribution in [1.29, 1.82) is 0 Å². The van der Waals surface area contributed by atoms with Crippen LogP contribution in [0.3, 0.4) is 0 Å². The molecule has 0 amide bonds. The van der Waals surface area contributed by atoms with E-state index in [0.717, 1.165) is 30.6 Å². The molecule has 1 aromatic rings. The first-order valence-corrected chi connectivity index (χ1v) is 8.69. The van der Waals surface area contributed by atoms with Gasteiger partial charge in [0.2, 0.25) is 0 Å². The molecule has 0 spiro atoms. The van der Waals surface area contributed by atoms with Crippen LogP contribution >= 0.6 is 0 Å². The Morgan fingerprint density at radius 2 is 1.82 bits per heavy atom. The van der Waals surface area contributed by atoms with Crippen LogP contribution < -0.4 is 9.80 Å². The largest absolute Gasteiger partial charge is 0.360 e. The SMILES string of the molecule is CN(C)c1nccnc1N1CCC[C@H](CN2CCCCC2)C1. The van der Waals surface area contributed by atoms with Crippen molar-refractivity contribution in [1.82, 2.24) is 14.9 Å². The molecule has 0 aliphatic carbocycles. The van der Waals surface area contributed by atoms with Crippen molar-refractivity contribution in [2.75, 3.05) is 56.6 Å². The fourth-order valence-electron chi connectivity index (χ4n) is 3.78. The number of nitrogens with zero attached hydrogens (tertiary/aromatic N) is 5. The Bertz CT molecular complexity index is 470. The molecule has 122 valence electrons. The van der Waals surface area contributed by atoms with Crippen LogP contribution in [0.1, 0.15) is 32.1 Å². The first kappa shape index (κ1) is 15.5. The maximum Gasteiger partial charge on any atom is 0.171 e. The average molecular weight is 303 g/mol. The summed E-state index contributed by atoms with van der Waals surface area (Å²) in [5.74, 6) is 2.81. The van der Waals surface area contributed by atoms with Gasteiger partial charge in [0.05, 0.1) is 0 Å². The van der Waals surface area contributed by atoms with Gasteiger partial charge in [0.25, 0.3) is 0 Å². The molecule has 2 aliphatic rings. The van der Waals surface area contributed by atoms with E-state index >= 15 is 0 Å². The topological polar surface area (TPSA) is 35.5 Å². The highest BCUT2D eigenvalue weighted by Crippen LogP contribution is 2.28. The summed E-state index contributed by atoms with van der Waals surface area (Å²) in [5.41, 5.74) is 0. The normalized spacial score (nSPS) is 23.5. The zero-order chi connectivity index (χ0) is 15.4. The summed E-state index contributed by atoms with van der Waals surface area (Å²) in [5, 5.41) is 0. The molecule has 0 unspecified atom stereocenters. The number of likely N-dealkylation sites (tertiary alicyclic amines) is 1. The second-order valence-corrected chi connectivity index (χ2v) is 6.91. The fraction of sp³-hybridized carbons (Fsp3) is 0.765. The van der Waals surface area contributed by atoms with Crippen LogP contribution in [0.5, 0.6) is 0 Å². The van der Waals surface area contributed by atoms with E-state index in [1.165, 1.54) is 51.7 Å². The Morgan fingerprint density at radius 1 is 1.05 bits per heavy atom. The smallest absolute Gasteiger partial charge is 0.171 e. The lowest BCUT2D eigenvalue weighted by molar-refractivity contribution is 0.185. The van der Waals surface area contributed by atoms with Crippen LogP contribution in [-0.2, 0) is 0 Å². The van der Waals surface area contributed by atoms with Gasteiger partial charge in [0.15, 0.2) is 11.6 Å². The van der Waals surface area contributed by atoms with Gasteiger partial charge >= 0.3 is 0 Å². The highest BCUT2D eigenvalue weighted by atomic mass is 15.3. The van der Waals surface area contributed by atoms with Crippen molar-refractivity contribution in [2.24, 2.45) is 5.92 Å². The molecule has 2 fully saturated rings. The minimum atomic E-state index is 0.767. The highest BCUT2D eigenvalue weighted by molar-refractivity contribution is 5.61. The van der Waals surface area contributed by atoms with Crippen molar-refractivity contribution < 1.29 is 0 Å². The minimum absolute atomic E-state index is 0.767. The summed E-state index contributed by atoms with van der Waals surface area (Å²) < 4.78 is 0. The van der Waals surface area contributed by atoms with Crippen LogP contribution in [0.15, 0.2) is 12.4 Å². The Hall–Kier alpha value is -1.36. The summed E-state index contributed by atoms with van der Waals surface area (Å²) in [4.78, 5) is 16.3. The number of anilines is 2. The molecule has 3 rings (SSSR count). The summed E-state index contributed by atoms with van der Waals surface area (Å²) in [6.07, 6.45) is 10.4. The Kier molecular flexibility index (Phi) is 5.13. The molecule has 1 atom stereocenters. The minimum Gasteiger partial charge on any atom is -0.360 e. The third-order valence-electron chi connectivity index (χ3n) is 4.87. The summed E-state index contributed by atoms with van der Waals surface area (Å²) in [6.45, 7) is 6.08. The first-order valence-electron chi connectivity index (χ1n) is 8.69. The number of hydrogen-bond donors (Lipinski definition) is 0. The molecule has 0 radical (unpaired) electrons. The number of rotatable bonds is 4. The van der Waals surface area contributed by atoms with Crippen molar-refractivity contribution in [3.05, 3.63) is 12.4 Å². The van der Waals surface area contributed by atoms with Gasteiger partial charge < -0.3 is 14.7 Å². The van der Waals surface area contributed by atoms with Gasteiger partial charge in [0.1, 0.15) is 0 Å². The molecule has 0 aromatic carbocycles. The van der Waals surface area contributed by atoms with Crippen LogP contribution in [0.4, 0.5) is 11.6 Å². The van der Waals surface area contributed by atoms with Crippen LogP contribution in [0, 0.1) is 5.92 Å². The zero-order valence-corrected chi connectivity index (χ0v) is 14.0.